The van der Waals surface area contributed by atoms with Crippen molar-refractivity contribution in [2.45, 2.75) is 19.1 Å². The van der Waals surface area contributed by atoms with E-state index in [4.69, 9.17) is 18.9 Å². The minimum absolute atomic E-state index is 0.270. The molecule has 1 fully saturated rings. The second kappa shape index (κ2) is 7.70. The van der Waals surface area contributed by atoms with E-state index in [0.717, 1.165) is 5.56 Å². The SMILES string of the molecule is COc1cc(C(=O)O[C@H]2CCOC2=O)ccc1OCc1ccccc1. The van der Waals surface area contributed by atoms with Crippen LogP contribution in [0.25, 0.3) is 0 Å². The molecule has 1 aliphatic heterocycles. The molecule has 6 heteroatoms. The van der Waals surface area contributed by atoms with Crippen molar-refractivity contribution in [2.24, 2.45) is 0 Å². The van der Waals surface area contributed by atoms with E-state index in [2.05, 4.69) is 0 Å². The molecule has 0 radical (unpaired) electrons. The van der Waals surface area contributed by atoms with E-state index in [-0.39, 0.29) is 12.2 Å². The highest BCUT2D eigenvalue weighted by molar-refractivity contribution is 5.92. The van der Waals surface area contributed by atoms with Crippen LogP contribution in [0.4, 0.5) is 0 Å². The molecule has 0 N–H and O–H groups in total. The van der Waals surface area contributed by atoms with Crippen molar-refractivity contribution in [3.8, 4) is 11.5 Å². The van der Waals surface area contributed by atoms with Gasteiger partial charge in [0.2, 0.25) is 6.10 Å². The number of methoxy groups -OCH3 is 1. The van der Waals surface area contributed by atoms with Crippen molar-refractivity contribution in [3.05, 3.63) is 59.7 Å². The molecule has 0 unspecified atom stereocenters. The maximum absolute atomic E-state index is 12.2. The molecule has 2 aromatic carbocycles. The molecule has 1 aliphatic rings. The Kier molecular flexibility index (Phi) is 5.18. The topological polar surface area (TPSA) is 71.1 Å². The zero-order valence-corrected chi connectivity index (χ0v) is 13.8. The van der Waals surface area contributed by atoms with Crippen LogP contribution in [0, 0.1) is 0 Å². The summed E-state index contributed by atoms with van der Waals surface area (Å²) in [6.45, 7) is 0.654. The van der Waals surface area contributed by atoms with Crippen molar-refractivity contribution in [2.75, 3.05) is 13.7 Å². The largest absolute Gasteiger partial charge is 0.493 e. The quantitative estimate of drug-likeness (QED) is 0.752. The van der Waals surface area contributed by atoms with Gasteiger partial charge in [-0.15, -0.1) is 0 Å². The van der Waals surface area contributed by atoms with Crippen molar-refractivity contribution in [1.82, 2.24) is 0 Å². The maximum atomic E-state index is 12.2. The van der Waals surface area contributed by atoms with Gasteiger partial charge in [-0.2, -0.15) is 0 Å². The molecule has 1 atom stereocenters. The van der Waals surface area contributed by atoms with Gasteiger partial charge in [0.25, 0.3) is 0 Å². The van der Waals surface area contributed by atoms with Gasteiger partial charge in [0.15, 0.2) is 11.5 Å². The summed E-state index contributed by atoms with van der Waals surface area (Å²) in [7, 11) is 1.49. The third kappa shape index (κ3) is 4.09. The summed E-state index contributed by atoms with van der Waals surface area (Å²) in [6.07, 6.45) is -0.465. The summed E-state index contributed by atoms with van der Waals surface area (Å²) in [4.78, 5) is 23.6. The van der Waals surface area contributed by atoms with E-state index in [0.29, 0.717) is 24.5 Å². The maximum Gasteiger partial charge on any atom is 0.347 e. The fourth-order valence-electron chi connectivity index (χ4n) is 2.43. The van der Waals surface area contributed by atoms with Crippen LogP contribution in [0.1, 0.15) is 22.3 Å². The lowest BCUT2D eigenvalue weighted by molar-refractivity contribution is -0.145. The molecule has 130 valence electrons. The highest BCUT2D eigenvalue weighted by Crippen LogP contribution is 2.29. The molecule has 1 heterocycles. The number of ether oxygens (including phenoxy) is 4. The molecule has 2 aromatic rings. The summed E-state index contributed by atoms with van der Waals surface area (Å²) in [6, 6.07) is 14.5. The molecule has 0 aromatic heterocycles. The molecule has 25 heavy (non-hydrogen) atoms. The number of rotatable bonds is 6. The van der Waals surface area contributed by atoms with Gasteiger partial charge in [-0.05, 0) is 23.8 Å². The molecule has 0 saturated carbocycles. The van der Waals surface area contributed by atoms with E-state index in [1.54, 1.807) is 12.1 Å². The first-order valence-electron chi connectivity index (χ1n) is 7.90. The van der Waals surface area contributed by atoms with Crippen LogP contribution >= 0.6 is 0 Å². The monoisotopic (exact) mass is 342 g/mol. The molecule has 1 saturated heterocycles. The number of esters is 2. The van der Waals surface area contributed by atoms with Crippen molar-refractivity contribution >= 4 is 11.9 Å². The number of benzene rings is 2. The molecule has 0 bridgehead atoms. The second-order valence-electron chi connectivity index (χ2n) is 5.49. The van der Waals surface area contributed by atoms with Crippen LogP contribution in [0.3, 0.4) is 0 Å². The second-order valence-corrected chi connectivity index (χ2v) is 5.49. The predicted molar refractivity (Wildman–Crippen MR) is 88.5 cm³/mol. The Balaban J connectivity index is 1.68. The standard InChI is InChI=1S/C19H18O6/c1-22-17-11-14(18(20)25-16-9-10-23-19(16)21)7-8-15(17)24-12-13-5-3-2-4-6-13/h2-8,11,16H,9-10,12H2,1H3/t16-/m0/s1. The number of hydrogen-bond acceptors (Lipinski definition) is 6. The van der Waals surface area contributed by atoms with E-state index in [1.807, 2.05) is 30.3 Å². The smallest absolute Gasteiger partial charge is 0.347 e. The first-order valence-corrected chi connectivity index (χ1v) is 7.90. The van der Waals surface area contributed by atoms with Crippen molar-refractivity contribution in [3.63, 3.8) is 0 Å². The third-order valence-electron chi connectivity index (χ3n) is 3.77. The highest BCUT2D eigenvalue weighted by atomic mass is 16.6. The van der Waals surface area contributed by atoms with Gasteiger partial charge < -0.3 is 18.9 Å². The Morgan fingerprint density at radius 3 is 2.64 bits per heavy atom. The first-order chi connectivity index (χ1) is 12.2. The van der Waals surface area contributed by atoms with Crippen molar-refractivity contribution < 1.29 is 28.5 Å². The lowest BCUT2D eigenvalue weighted by atomic mass is 10.2. The molecule has 0 amide bonds. The molecule has 3 rings (SSSR count). The average molecular weight is 342 g/mol. The average Bonchev–Trinajstić information content (AvgIpc) is 3.05. The van der Waals surface area contributed by atoms with Crippen LogP contribution in [0.5, 0.6) is 11.5 Å². The van der Waals surface area contributed by atoms with Crippen LogP contribution in [-0.4, -0.2) is 31.8 Å². The third-order valence-corrected chi connectivity index (χ3v) is 3.77. The van der Waals surface area contributed by atoms with E-state index < -0.39 is 18.0 Å². The lowest BCUT2D eigenvalue weighted by Crippen LogP contribution is -2.22. The van der Waals surface area contributed by atoms with Crippen LogP contribution in [0.15, 0.2) is 48.5 Å². The van der Waals surface area contributed by atoms with Crippen LogP contribution in [0.2, 0.25) is 0 Å². The first kappa shape index (κ1) is 16.8. The minimum Gasteiger partial charge on any atom is -0.493 e. The molecular weight excluding hydrogens is 324 g/mol. The van der Waals surface area contributed by atoms with Crippen LogP contribution < -0.4 is 9.47 Å². The van der Waals surface area contributed by atoms with E-state index >= 15 is 0 Å². The molecular formula is C19H18O6. The summed E-state index contributed by atoms with van der Waals surface area (Å²) in [5.74, 6) is -0.178. The van der Waals surface area contributed by atoms with Crippen LogP contribution in [-0.2, 0) is 20.9 Å². The number of carbonyl (C=O) groups is 2. The molecule has 0 spiro atoms. The Morgan fingerprint density at radius 1 is 1.16 bits per heavy atom. The molecule has 6 nitrogen and oxygen atoms in total. The van der Waals surface area contributed by atoms with Gasteiger partial charge in [0, 0.05) is 6.42 Å². The Bertz CT molecular complexity index is 756. The van der Waals surface area contributed by atoms with Gasteiger partial charge in [-0.25, -0.2) is 9.59 Å². The van der Waals surface area contributed by atoms with Gasteiger partial charge in [-0.3, -0.25) is 0 Å². The van der Waals surface area contributed by atoms with Gasteiger partial charge in [0.1, 0.15) is 6.61 Å². The van der Waals surface area contributed by atoms with Gasteiger partial charge in [0.05, 0.1) is 19.3 Å². The lowest BCUT2D eigenvalue weighted by Gasteiger charge is -2.13. The normalized spacial score (nSPS) is 16.2. The Hall–Kier alpha value is -3.02. The van der Waals surface area contributed by atoms with E-state index in [9.17, 15) is 9.59 Å². The summed E-state index contributed by atoms with van der Waals surface area (Å²) in [5, 5.41) is 0. The summed E-state index contributed by atoms with van der Waals surface area (Å²) >= 11 is 0. The van der Waals surface area contributed by atoms with Gasteiger partial charge >= 0.3 is 11.9 Å². The number of cyclic esters (lactones) is 1. The van der Waals surface area contributed by atoms with Crippen molar-refractivity contribution in [1.29, 1.82) is 0 Å². The zero-order chi connectivity index (χ0) is 17.6. The predicted octanol–water partition coefficient (Wildman–Crippen LogP) is 2.75. The fourth-order valence-corrected chi connectivity index (χ4v) is 2.43. The van der Waals surface area contributed by atoms with E-state index in [1.165, 1.54) is 13.2 Å². The minimum atomic E-state index is -0.840. The fraction of sp³-hybridized carbons (Fsp3) is 0.263. The zero-order valence-electron chi connectivity index (χ0n) is 13.8. The Labute approximate surface area is 145 Å². The molecule has 0 aliphatic carbocycles. The number of carbonyl (C=O) groups excluding carboxylic acids is 2. The summed E-state index contributed by atoms with van der Waals surface area (Å²) in [5.41, 5.74) is 1.30. The van der Waals surface area contributed by atoms with Gasteiger partial charge in [-0.1, -0.05) is 30.3 Å². The number of hydrogen-bond donors (Lipinski definition) is 0. The highest BCUT2D eigenvalue weighted by Gasteiger charge is 2.30. The Morgan fingerprint density at radius 2 is 1.96 bits per heavy atom. The summed E-state index contributed by atoms with van der Waals surface area (Å²) < 4.78 is 21.0.